The van der Waals surface area contributed by atoms with Crippen LogP contribution in [0.3, 0.4) is 0 Å². The number of hydrogen-bond acceptors (Lipinski definition) is 5. The number of benzene rings is 1. The van der Waals surface area contributed by atoms with E-state index in [1.165, 1.54) is 0 Å². The van der Waals surface area contributed by atoms with Gasteiger partial charge in [0.15, 0.2) is 0 Å². The summed E-state index contributed by atoms with van der Waals surface area (Å²) in [4.78, 5) is 37.7. The van der Waals surface area contributed by atoms with Gasteiger partial charge in [-0.15, -0.1) is 0 Å². The molecule has 2 aliphatic rings. The van der Waals surface area contributed by atoms with Crippen LogP contribution >= 0.6 is 0 Å². The second kappa shape index (κ2) is 9.04. The lowest BCUT2D eigenvalue weighted by Crippen LogP contribution is -2.52. The van der Waals surface area contributed by atoms with Crippen molar-refractivity contribution in [1.29, 1.82) is 0 Å². The molecule has 1 saturated heterocycles. The molecule has 1 atom stereocenters. The van der Waals surface area contributed by atoms with Crippen LogP contribution < -0.4 is 20.8 Å². The minimum absolute atomic E-state index is 0.0179. The first-order chi connectivity index (χ1) is 14.3. The molecule has 1 saturated carbocycles. The van der Waals surface area contributed by atoms with Crippen LogP contribution in [0, 0.1) is 11.8 Å². The third-order valence-corrected chi connectivity index (χ3v) is 6.15. The highest BCUT2D eigenvalue weighted by atomic mass is 16.5. The van der Waals surface area contributed by atoms with Crippen molar-refractivity contribution in [2.45, 2.75) is 58.0 Å². The summed E-state index contributed by atoms with van der Waals surface area (Å²) >= 11 is 0. The van der Waals surface area contributed by atoms with Gasteiger partial charge in [0.1, 0.15) is 11.3 Å². The number of hydrogen-bond donors (Lipinski definition) is 3. The van der Waals surface area contributed by atoms with Crippen LogP contribution in [-0.2, 0) is 9.59 Å². The van der Waals surface area contributed by atoms with Gasteiger partial charge in [0.2, 0.25) is 0 Å². The molecule has 3 rings (SSSR count). The van der Waals surface area contributed by atoms with E-state index < -0.39 is 17.5 Å². The van der Waals surface area contributed by atoms with Gasteiger partial charge in [-0.2, -0.15) is 5.01 Å². The predicted molar refractivity (Wildman–Crippen MR) is 112 cm³/mol. The maximum absolute atomic E-state index is 12.9. The summed E-state index contributed by atoms with van der Waals surface area (Å²) in [5, 5.41) is 6.88. The number of nitrogens with zero attached hydrogens (tertiary/aromatic N) is 1. The molecular weight excluding hydrogens is 384 g/mol. The Hall–Kier alpha value is -2.61. The van der Waals surface area contributed by atoms with Gasteiger partial charge >= 0.3 is 6.03 Å². The molecule has 0 bridgehead atoms. The summed E-state index contributed by atoms with van der Waals surface area (Å²) in [6, 6.07) is 7.06. The van der Waals surface area contributed by atoms with Gasteiger partial charge in [-0.05, 0) is 55.2 Å². The number of methoxy groups -OCH3 is 1. The predicted octanol–water partition coefficient (Wildman–Crippen LogP) is 2.51. The zero-order chi connectivity index (χ0) is 21.9. The van der Waals surface area contributed by atoms with Crippen LogP contribution in [-0.4, -0.2) is 42.0 Å². The summed E-state index contributed by atoms with van der Waals surface area (Å²) in [6.07, 6.45) is 2.98. The Morgan fingerprint density at radius 1 is 1.23 bits per heavy atom. The molecule has 1 aromatic carbocycles. The van der Waals surface area contributed by atoms with Gasteiger partial charge in [-0.25, -0.2) is 4.79 Å². The summed E-state index contributed by atoms with van der Waals surface area (Å²) in [5.74, 6) is 0.750. The monoisotopic (exact) mass is 416 g/mol. The standard InChI is InChI=1S/C22H32N4O4/c1-14(2)19(16-5-7-17(30-4)8-6-16)23-13-18(27)25-26-20(28)22(24-21(26)29)11-9-15(3)10-12-22/h5-8,14-15,19,23H,9-13H2,1-4H3,(H,24,29)(H,25,27). The molecule has 1 aliphatic heterocycles. The fourth-order valence-electron chi connectivity index (χ4n) is 4.23. The van der Waals surface area contributed by atoms with E-state index in [0.29, 0.717) is 18.8 Å². The highest BCUT2D eigenvalue weighted by molar-refractivity contribution is 6.08. The molecule has 1 spiro atoms. The zero-order valence-corrected chi connectivity index (χ0v) is 18.2. The number of carbonyl (C=O) groups excluding carboxylic acids is 3. The van der Waals surface area contributed by atoms with Crippen LogP contribution in [0.5, 0.6) is 5.75 Å². The van der Waals surface area contributed by atoms with E-state index >= 15 is 0 Å². The van der Waals surface area contributed by atoms with Gasteiger partial charge in [0.25, 0.3) is 11.8 Å². The summed E-state index contributed by atoms with van der Waals surface area (Å²) < 4.78 is 5.20. The van der Waals surface area contributed by atoms with E-state index in [-0.39, 0.29) is 24.4 Å². The Balaban J connectivity index is 1.59. The highest BCUT2D eigenvalue weighted by Crippen LogP contribution is 2.35. The Morgan fingerprint density at radius 2 is 1.87 bits per heavy atom. The molecular formula is C22H32N4O4. The minimum Gasteiger partial charge on any atom is -0.497 e. The van der Waals surface area contributed by atoms with Gasteiger partial charge in [-0.3, -0.25) is 15.0 Å². The first-order valence-electron chi connectivity index (χ1n) is 10.6. The Labute approximate surface area is 177 Å². The molecule has 1 aliphatic carbocycles. The van der Waals surface area contributed by atoms with E-state index in [1.54, 1.807) is 7.11 Å². The van der Waals surface area contributed by atoms with Gasteiger partial charge in [0.05, 0.1) is 13.7 Å². The molecule has 2 fully saturated rings. The smallest absolute Gasteiger partial charge is 0.344 e. The number of urea groups is 1. The van der Waals surface area contributed by atoms with Crippen molar-refractivity contribution in [2.24, 2.45) is 11.8 Å². The largest absolute Gasteiger partial charge is 0.497 e. The molecule has 1 aromatic rings. The number of ether oxygens (including phenoxy) is 1. The number of carbonyl (C=O) groups is 3. The molecule has 8 heteroatoms. The second-order valence-corrected chi connectivity index (χ2v) is 8.75. The molecule has 4 amide bonds. The quantitative estimate of drug-likeness (QED) is 0.593. The molecule has 1 heterocycles. The van der Waals surface area contributed by atoms with E-state index in [9.17, 15) is 14.4 Å². The Morgan fingerprint density at radius 3 is 2.43 bits per heavy atom. The van der Waals surface area contributed by atoms with Crippen LogP contribution in [0.25, 0.3) is 0 Å². The highest BCUT2D eigenvalue weighted by Gasteiger charge is 2.52. The fraction of sp³-hybridized carbons (Fsp3) is 0.591. The third kappa shape index (κ3) is 4.59. The molecule has 30 heavy (non-hydrogen) atoms. The topological polar surface area (TPSA) is 99.8 Å². The number of nitrogens with one attached hydrogen (secondary N) is 3. The minimum atomic E-state index is -0.867. The molecule has 164 valence electrons. The van der Waals surface area contributed by atoms with Crippen molar-refractivity contribution < 1.29 is 19.1 Å². The molecule has 8 nitrogen and oxygen atoms in total. The number of imide groups is 1. The van der Waals surface area contributed by atoms with Crippen molar-refractivity contribution in [3.63, 3.8) is 0 Å². The summed E-state index contributed by atoms with van der Waals surface area (Å²) in [5.41, 5.74) is 2.64. The molecule has 3 N–H and O–H groups in total. The van der Waals surface area contributed by atoms with Crippen LogP contribution in [0.1, 0.15) is 58.1 Å². The van der Waals surface area contributed by atoms with E-state index in [0.717, 1.165) is 29.2 Å². The average Bonchev–Trinajstić information content (AvgIpc) is 2.95. The van der Waals surface area contributed by atoms with Crippen molar-refractivity contribution in [3.8, 4) is 5.75 Å². The maximum Gasteiger partial charge on any atom is 0.344 e. The van der Waals surface area contributed by atoms with Crippen molar-refractivity contribution in [2.75, 3.05) is 13.7 Å². The zero-order valence-electron chi connectivity index (χ0n) is 18.2. The average molecular weight is 417 g/mol. The lowest BCUT2D eigenvalue weighted by atomic mass is 9.77. The van der Waals surface area contributed by atoms with Crippen LogP contribution in [0.2, 0.25) is 0 Å². The Kier molecular flexibility index (Phi) is 6.65. The first-order valence-corrected chi connectivity index (χ1v) is 10.6. The lowest BCUT2D eigenvalue weighted by molar-refractivity contribution is -0.139. The van der Waals surface area contributed by atoms with Gasteiger partial charge in [0, 0.05) is 6.04 Å². The summed E-state index contributed by atoms with van der Waals surface area (Å²) in [6.45, 7) is 6.25. The second-order valence-electron chi connectivity index (χ2n) is 8.75. The molecule has 1 unspecified atom stereocenters. The molecule has 0 aromatic heterocycles. The number of amides is 4. The SMILES string of the molecule is COc1ccc(C(NCC(=O)NN2C(=O)NC3(CCC(C)CC3)C2=O)C(C)C)cc1. The van der Waals surface area contributed by atoms with Gasteiger partial charge < -0.3 is 15.4 Å². The number of rotatable bonds is 7. The normalized spacial score (nSPS) is 24.8. The van der Waals surface area contributed by atoms with Crippen molar-refractivity contribution in [1.82, 2.24) is 21.1 Å². The van der Waals surface area contributed by atoms with Crippen molar-refractivity contribution in [3.05, 3.63) is 29.8 Å². The third-order valence-electron chi connectivity index (χ3n) is 6.15. The first kappa shape index (κ1) is 22.1. The van der Waals surface area contributed by atoms with E-state index in [1.807, 2.05) is 24.3 Å². The van der Waals surface area contributed by atoms with Crippen LogP contribution in [0.15, 0.2) is 24.3 Å². The van der Waals surface area contributed by atoms with Gasteiger partial charge in [-0.1, -0.05) is 32.9 Å². The summed E-state index contributed by atoms with van der Waals surface area (Å²) in [7, 11) is 1.62. The van der Waals surface area contributed by atoms with Crippen LogP contribution in [0.4, 0.5) is 4.79 Å². The lowest BCUT2D eigenvalue weighted by Gasteiger charge is -2.33. The maximum atomic E-state index is 12.9. The molecule has 0 radical (unpaired) electrons. The Bertz CT molecular complexity index is 785. The van der Waals surface area contributed by atoms with Crippen molar-refractivity contribution >= 4 is 17.8 Å². The number of hydrazine groups is 1. The fourth-order valence-corrected chi connectivity index (χ4v) is 4.23. The van der Waals surface area contributed by atoms with E-state index in [4.69, 9.17) is 4.74 Å². The van der Waals surface area contributed by atoms with E-state index in [2.05, 4.69) is 36.8 Å².